The van der Waals surface area contributed by atoms with Gasteiger partial charge in [-0.15, -0.1) is 0 Å². The van der Waals surface area contributed by atoms with Gasteiger partial charge in [-0.3, -0.25) is 0 Å². The molecule has 6 aromatic carbocycles. The molecular formula is C36H22ClN. The Hall–Kier alpha value is -4.59. The summed E-state index contributed by atoms with van der Waals surface area (Å²) in [5.74, 6) is 0. The molecule has 1 aliphatic rings. The Morgan fingerprint density at radius 1 is 0.553 bits per heavy atom. The van der Waals surface area contributed by atoms with Gasteiger partial charge in [0.2, 0.25) is 0 Å². The molecule has 0 fully saturated rings. The fraction of sp³-hybridized carbons (Fsp3) is 0. The van der Waals surface area contributed by atoms with Gasteiger partial charge in [-0.05, 0) is 74.7 Å². The minimum Gasteiger partial charge on any atom is -0.309 e. The third kappa shape index (κ3) is 2.94. The highest BCUT2D eigenvalue weighted by atomic mass is 35.5. The second-order valence-electron chi connectivity index (χ2n) is 9.99. The summed E-state index contributed by atoms with van der Waals surface area (Å²) in [5.41, 5.74) is 11.8. The molecule has 0 aliphatic heterocycles. The fourth-order valence-electron chi connectivity index (χ4n) is 6.19. The van der Waals surface area contributed by atoms with Crippen molar-refractivity contribution in [1.29, 1.82) is 0 Å². The lowest BCUT2D eigenvalue weighted by Crippen LogP contribution is -1.94. The molecule has 0 unspecified atom stereocenters. The molecule has 38 heavy (non-hydrogen) atoms. The van der Waals surface area contributed by atoms with Gasteiger partial charge in [0.25, 0.3) is 0 Å². The molecule has 0 bridgehead atoms. The van der Waals surface area contributed by atoms with E-state index < -0.39 is 0 Å². The molecule has 1 heterocycles. The molecule has 1 nitrogen and oxygen atoms in total. The first kappa shape index (κ1) is 21.5. The third-order valence-electron chi connectivity index (χ3n) is 7.94. The molecule has 8 rings (SSSR count). The Morgan fingerprint density at radius 2 is 1.24 bits per heavy atom. The van der Waals surface area contributed by atoms with Crippen LogP contribution in [0.25, 0.3) is 66.1 Å². The molecule has 1 aliphatic carbocycles. The summed E-state index contributed by atoms with van der Waals surface area (Å²) < 4.78 is 2.37. The van der Waals surface area contributed by atoms with Crippen molar-refractivity contribution in [2.75, 3.05) is 0 Å². The van der Waals surface area contributed by atoms with E-state index in [0.717, 1.165) is 43.5 Å². The Bertz CT molecular complexity index is 2100. The largest absolute Gasteiger partial charge is 0.309 e. The lowest BCUT2D eigenvalue weighted by molar-refractivity contribution is 1.19. The monoisotopic (exact) mass is 503 g/mol. The maximum atomic E-state index is 6.98. The number of rotatable bonds is 2. The highest BCUT2D eigenvalue weighted by Crippen LogP contribution is 2.46. The minimum absolute atomic E-state index is 0.777. The van der Waals surface area contributed by atoms with E-state index in [4.69, 9.17) is 11.6 Å². The average molecular weight is 504 g/mol. The molecule has 2 heteroatoms. The summed E-state index contributed by atoms with van der Waals surface area (Å²) in [6.45, 7) is 4.37. The lowest BCUT2D eigenvalue weighted by Gasteiger charge is -2.11. The molecule has 7 aromatic rings. The van der Waals surface area contributed by atoms with E-state index in [1.165, 1.54) is 38.8 Å². The molecule has 0 amide bonds. The average Bonchev–Trinajstić information content (AvgIpc) is 3.46. The topological polar surface area (TPSA) is 4.93 Å². The number of nitrogens with zero attached hydrogens (tertiary/aromatic N) is 1. The van der Waals surface area contributed by atoms with Crippen molar-refractivity contribution in [3.05, 3.63) is 144 Å². The predicted octanol–water partition coefficient (Wildman–Crippen LogP) is 10.3. The van der Waals surface area contributed by atoms with Gasteiger partial charge in [0.1, 0.15) is 0 Å². The standard InChI is InChI=1S/C36H22ClN/c1-22-27-12-7-8-14-30(27)32-19-23(15-17-28(22)32)24-16-18-31-34(21-24)38(26-10-3-2-4-11-26)36-29-13-6-5-9-25(29)20-33(37)35(31)36/h2-21H,1H2. The van der Waals surface area contributed by atoms with Crippen LogP contribution in [0.4, 0.5) is 0 Å². The van der Waals surface area contributed by atoms with Gasteiger partial charge in [0.15, 0.2) is 0 Å². The first-order valence-electron chi connectivity index (χ1n) is 12.8. The number of para-hydroxylation sites is 1. The van der Waals surface area contributed by atoms with E-state index in [1.54, 1.807) is 0 Å². The zero-order valence-corrected chi connectivity index (χ0v) is 21.3. The van der Waals surface area contributed by atoms with E-state index in [-0.39, 0.29) is 0 Å². The molecule has 0 saturated heterocycles. The van der Waals surface area contributed by atoms with Crippen LogP contribution in [-0.4, -0.2) is 4.57 Å². The second kappa shape index (κ2) is 7.95. The number of fused-ring (bicyclic) bond motifs is 8. The number of benzene rings is 6. The summed E-state index contributed by atoms with van der Waals surface area (Å²) in [7, 11) is 0. The first-order valence-corrected chi connectivity index (χ1v) is 13.2. The van der Waals surface area contributed by atoms with Crippen molar-refractivity contribution >= 4 is 49.8 Å². The van der Waals surface area contributed by atoms with Crippen molar-refractivity contribution in [3.63, 3.8) is 0 Å². The Balaban J connectivity index is 1.44. The Labute approximate surface area is 225 Å². The zero-order valence-electron chi connectivity index (χ0n) is 20.6. The van der Waals surface area contributed by atoms with Crippen LogP contribution in [0.2, 0.25) is 5.02 Å². The van der Waals surface area contributed by atoms with Crippen molar-refractivity contribution in [2.24, 2.45) is 0 Å². The van der Waals surface area contributed by atoms with Crippen LogP contribution < -0.4 is 0 Å². The number of halogens is 1. The van der Waals surface area contributed by atoms with Gasteiger partial charge in [0.05, 0.1) is 16.1 Å². The Morgan fingerprint density at radius 3 is 2.11 bits per heavy atom. The second-order valence-corrected chi connectivity index (χ2v) is 10.4. The third-order valence-corrected chi connectivity index (χ3v) is 8.24. The van der Waals surface area contributed by atoms with Gasteiger partial charge in [-0.25, -0.2) is 0 Å². The lowest BCUT2D eigenvalue weighted by atomic mass is 9.97. The summed E-state index contributed by atoms with van der Waals surface area (Å²) in [6, 6.07) is 43.2. The maximum absolute atomic E-state index is 6.98. The minimum atomic E-state index is 0.777. The summed E-state index contributed by atoms with van der Waals surface area (Å²) in [6.07, 6.45) is 0. The van der Waals surface area contributed by atoms with Crippen LogP contribution in [0, 0.1) is 0 Å². The van der Waals surface area contributed by atoms with Crippen molar-refractivity contribution in [2.45, 2.75) is 0 Å². The molecular weight excluding hydrogens is 482 g/mol. The molecule has 0 N–H and O–H groups in total. The van der Waals surface area contributed by atoms with Gasteiger partial charge in [0, 0.05) is 21.8 Å². The molecule has 0 radical (unpaired) electrons. The number of hydrogen-bond acceptors (Lipinski definition) is 0. The Kier molecular flexibility index (Phi) is 4.50. The number of hydrogen-bond donors (Lipinski definition) is 0. The van der Waals surface area contributed by atoms with E-state index in [0.29, 0.717) is 0 Å². The van der Waals surface area contributed by atoms with Crippen molar-refractivity contribution in [3.8, 4) is 27.9 Å². The van der Waals surface area contributed by atoms with Crippen LogP contribution >= 0.6 is 11.6 Å². The smallest absolute Gasteiger partial charge is 0.0634 e. The van der Waals surface area contributed by atoms with Crippen molar-refractivity contribution < 1.29 is 0 Å². The quantitative estimate of drug-likeness (QED) is 0.221. The van der Waals surface area contributed by atoms with Crippen molar-refractivity contribution in [1.82, 2.24) is 4.57 Å². The molecule has 0 spiro atoms. The SMILES string of the molecule is C=C1c2ccccc2-c2cc(-c3ccc4c5c(Cl)cc6ccccc6c5n(-c5ccccc5)c4c3)ccc21. The van der Waals surface area contributed by atoms with Gasteiger partial charge >= 0.3 is 0 Å². The highest BCUT2D eigenvalue weighted by Gasteiger charge is 2.23. The van der Waals surface area contributed by atoms with Crippen LogP contribution in [0.3, 0.4) is 0 Å². The number of aromatic nitrogens is 1. The van der Waals surface area contributed by atoms with Gasteiger partial charge in [-0.2, -0.15) is 0 Å². The van der Waals surface area contributed by atoms with Gasteiger partial charge < -0.3 is 4.57 Å². The highest BCUT2D eigenvalue weighted by molar-refractivity contribution is 6.40. The maximum Gasteiger partial charge on any atom is 0.0634 e. The summed E-state index contributed by atoms with van der Waals surface area (Å²) in [4.78, 5) is 0. The molecule has 0 atom stereocenters. The van der Waals surface area contributed by atoms with E-state index >= 15 is 0 Å². The predicted molar refractivity (Wildman–Crippen MR) is 162 cm³/mol. The molecule has 178 valence electrons. The van der Waals surface area contributed by atoms with Gasteiger partial charge in [-0.1, -0.05) is 109 Å². The molecule has 0 saturated carbocycles. The van der Waals surface area contributed by atoms with Crippen LogP contribution in [0.15, 0.2) is 128 Å². The molecule has 1 aromatic heterocycles. The van der Waals surface area contributed by atoms with E-state index in [1.807, 2.05) is 0 Å². The summed E-state index contributed by atoms with van der Waals surface area (Å²) in [5, 5.41) is 5.36. The van der Waals surface area contributed by atoms with E-state index in [2.05, 4.69) is 132 Å². The fourth-order valence-corrected chi connectivity index (χ4v) is 6.50. The van der Waals surface area contributed by atoms with Crippen LogP contribution in [-0.2, 0) is 0 Å². The van der Waals surface area contributed by atoms with Crippen LogP contribution in [0.5, 0.6) is 0 Å². The normalized spacial score (nSPS) is 12.4. The zero-order chi connectivity index (χ0) is 25.4. The van der Waals surface area contributed by atoms with Crippen LogP contribution in [0.1, 0.15) is 11.1 Å². The van der Waals surface area contributed by atoms with E-state index in [9.17, 15) is 0 Å². The first-order chi connectivity index (χ1) is 18.7. The summed E-state index contributed by atoms with van der Waals surface area (Å²) >= 11 is 6.98.